The van der Waals surface area contributed by atoms with E-state index in [-0.39, 0.29) is 0 Å². The van der Waals surface area contributed by atoms with E-state index in [1.165, 1.54) is 75.5 Å². The molecular formula is C52H35NS. The van der Waals surface area contributed by atoms with Gasteiger partial charge in [0.25, 0.3) is 0 Å². The van der Waals surface area contributed by atoms with Crippen molar-refractivity contribution in [2.75, 3.05) is 4.90 Å². The van der Waals surface area contributed by atoms with Crippen molar-refractivity contribution >= 4 is 59.3 Å². The van der Waals surface area contributed by atoms with Gasteiger partial charge in [0.15, 0.2) is 0 Å². The zero-order valence-electron chi connectivity index (χ0n) is 29.6. The number of benzene rings is 9. The maximum Gasteiger partial charge on any atom is 0.0546 e. The normalized spacial score (nSPS) is 11.3. The summed E-state index contributed by atoms with van der Waals surface area (Å²) in [6.45, 7) is 0. The molecule has 2 heteroatoms. The summed E-state index contributed by atoms with van der Waals surface area (Å²) in [6.07, 6.45) is 0. The molecule has 0 amide bonds. The van der Waals surface area contributed by atoms with Gasteiger partial charge in [-0.15, -0.1) is 11.3 Å². The zero-order valence-corrected chi connectivity index (χ0v) is 30.4. The monoisotopic (exact) mass is 705 g/mol. The molecule has 0 bridgehead atoms. The molecule has 0 aliphatic carbocycles. The first-order chi connectivity index (χ1) is 26.8. The summed E-state index contributed by atoms with van der Waals surface area (Å²) in [5.74, 6) is 0. The minimum Gasteiger partial charge on any atom is -0.310 e. The third-order valence-corrected chi connectivity index (χ3v) is 11.7. The molecular weight excluding hydrogens is 671 g/mol. The van der Waals surface area contributed by atoms with Crippen LogP contribution in [0.25, 0.3) is 75.5 Å². The maximum absolute atomic E-state index is 2.44. The number of hydrogen-bond donors (Lipinski definition) is 0. The van der Waals surface area contributed by atoms with Crippen LogP contribution in [0.4, 0.5) is 17.1 Å². The number of thiophene rings is 1. The summed E-state index contributed by atoms with van der Waals surface area (Å²) in [5.41, 5.74) is 13.0. The van der Waals surface area contributed by atoms with Gasteiger partial charge in [0.05, 0.1) is 5.69 Å². The van der Waals surface area contributed by atoms with E-state index in [1.807, 2.05) is 11.3 Å². The Morgan fingerprint density at radius 1 is 0.333 bits per heavy atom. The Hall–Kier alpha value is -6.74. The van der Waals surface area contributed by atoms with Crippen LogP contribution >= 0.6 is 11.3 Å². The van der Waals surface area contributed by atoms with Crippen LogP contribution in [0.15, 0.2) is 212 Å². The van der Waals surface area contributed by atoms with Gasteiger partial charge in [-0.05, 0) is 86.1 Å². The van der Waals surface area contributed by atoms with Crippen molar-refractivity contribution in [3.8, 4) is 44.5 Å². The van der Waals surface area contributed by atoms with Crippen LogP contribution < -0.4 is 4.90 Å². The standard InChI is InChI=1S/C52H35NS/c1-3-16-37(17-4-1)43-21-9-10-23-47(43)51-44(38-18-5-2-6-19-38)24-14-27-49(51)53(42-34-29-36-15-7-8-20-40(36)35-42)41-32-30-39(31-33-41)45-25-13-26-48-46-22-11-12-28-50(46)54-52(45)48/h1-35H. The summed E-state index contributed by atoms with van der Waals surface area (Å²) in [5, 5.41) is 5.06. The van der Waals surface area contributed by atoms with Gasteiger partial charge in [0.1, 0.15) is 0 Å². The Morgan fingerprint density at radius 2 is 0.889 bits per heavy atom. The number of anilines is 3. The maximum atomic E-state index is 2.44. The Bertz CT molecular complexity index is 2920. The molecule has 10 aromatic rings. The average molecular weight is 706 g/mol. The molecule has 0 radical (unpaired) electrons. The fourth-order valence-electron chi connectivity index (χ4n) is 7.95. The van der Waals surface area contributed by atoms with Crippen LogP contribution in [0.3, 0.4) is 0 Å². The molecule has 0 unspecified atom stereocenters. The average Bonchev–Trinajstić information content (AvgIpc) is 3.64. The van der Waals surface area contributed by atoms with E-state index in [4.69, 9.17) is 0 Å². The van der Waals surface area contributed by atoms with Crippen LogP contribution in [0.2, 0.25) is 0 Å². The molecule has 0 aliphatic rings. The molecule has 0 saturated heterocycles. The highest BCUT2D eigenvalue weighted by Gasteiger charge is 2.23. The topological polar surface area (TPSA) is 3.24 Å². The second kappa shape index (κ2) is 13.7. The van der Waals surface area contributed by atoms with Gasteiger partial charge in [-0.1, -0.05) is 176 Å². The Balaban J connectivity index is 1.21. The number of hydrogen-bond acceptors (Lipinski definition) is 2. The lowest BCUT2D eigenvalue weighted by Crippen LogP contribution is -2.12. The lowest BCUT2D eigenvalue weighted by atomic mass is 9.87. The minimum absolute atomic E-state index is 1.10. The SMILES string of the molecule is c1ccc(-c2ccccc2-c2c(-c3ccccc3)cccc2N(c2ccc(-c3cccc4c3sc3ccccc34)cc2)c2ccc3ccccc3c2)cc1. The van der Waals surface area contributed by atoms with Crippen LogP contribution in [0.5, 0.6) is 0 Å². The first-order valence-corrected chi connectivity index (χ1v) is 19.2. The first-order valence-electron chi connectivity index (χ1n) is 18.4. The molecule has 1 nitrogen and oxygen atoms in total. The van der Waals surface area contributed by atoms with Crippen molar-refractivity contribution in [2.45, 2.75) is 0 Å². The lowest BCUT2D eigenvalue weighted by molar-refractivity contribution is 1.29. The van der Waals surface area contributed by atoms with Gasteiger partial charge >= 0.3 is 0 Å². The molecule has 0 spiro atoms. The molecule has 1 aromatic heterocycles. The molecule has 1 heterocycles. The second-order valence-electron chi connectivity index (χ2n) is 13.7. The number of rotatable bonds is 7. The summed E-state index contributed by atoms with van der Waals surface area (Å²) in [7, 11) is 0. The fraction of sp³-hybridized carbons (Fsp3) is 0. The zero-order chi connectivity index (χ0) is 35.8. The van der Waals surface area contributed by atoms with E-state index in [2.05, 4.69) is 217 Å². The minimum atomic E-state index is 1.10. The van der Waals surface area contributed by atoms with E-state index >= 15 is 0 Å². The van der Waals surface area contributed by atoms with E-state index in [0.29, 0.717) is 0 Å². The Labute approximate surface area is 319 Å². The molecule has 0 fully saturated rings. The van der Waals surface area contributed by atoms with Crippen molar-refractivity contribution in [1.82, 2.24) is 0 Å². The van der Waals surface area contributed by atoms with E-state index in [0.717, 1.165) is 17.1 Å². The number of fused-ring (bicyclic) bond motifs is 4. The fourth-order valence-corrected chi connectivity index (χ4v) is 9.18. The van der Waals surface area contributed by atoms with Crippen molar-refractivity contribution in [3.05, 3.63) is 212 Å². The van der Waals surface area contributed by atoms with Crippen molar-refractivity contribution in [1.29, 1.82) is 0 Å². The molecule has 0 aliphatic heterocycles. The van der Waals surface area contributed by atoms with E-state index < -0.39 is 0 Å². The predicted molar refractivity (Wildman–Crippen MR) is 233 cm³/mol. The highest BCUT2D eigenvalue weighted by Crippen LogP contribution is 2.49. The molecule has 0 atom stereocenters. The molecule has 254 valence electrons. The summed E-state index contributed by atoms with van der Waals surface area (Å²) in [4.78, 5) is 2.44. The largest absolute Gasteiger partial charge is 0.310 e. The molecule has 10 rings (SSSR count). The molecule has 9 aromatic carbocycles. The Morgan fingerprint density at radius 3 is 1.69 bits per heavy atom. The quantitative estimate of drug-likeness (QED) is 0.160. The van der Waals surface area contributed by atoms with Gasteiger partial charge < -0.3 is 4.90 Å². The predicted octanol–water partition coefficient (Wildman–Crippen LogP) is 15.3. The van der Waals surface area contributed by atoms with Gasteiger partial charge in [-0.2, -0.15) is 0 Å². The van der Waals surface area contributed by atoms with Gasteiger partial charge in [-0.3, -0.25) is 0 Å². The highest BCUT2D eigenvalue weighted by molar-refractivity contribution is 7.26. The van der Waals surface area contributed by atoms with Crippen LogP contribution in [0.1, 0.15) is 0 Å². The highest BCUT2D eigenvalue weighted by atomic mass is 32.1. The van der Waals surface area contributed by atoms with Crippen molar-refractivity contribution < 1.29 is 0 Å². The van der Waals surface area contributed by atoms with Crippen molar-refractivity contribution in [2.24, 2.45) is 0 Å². The second-order valence-corrected chi connectivity index (χ2v) is 14.7. The van der Waals surface area contributed by atoms with E-state index in [1.54, 1.807) is 0 Å². The third-order valence-electron chi connectivity index (χ3n) is 10.5. The Kier molecular flexibility index (Phi) is 8.09. The molecule has 54 heavy (non-hydrogen) atoms. The summed E-state index contributed by atoms with van der Waals surface area (Å²) in [6, 6.07) is 77.2. The van der Waals surface area contributed by atoms with Crippen LogP contribution in [0, 0.1) is 0 Å². The van der Waals surface area contributed by atoms with Gasteiger partial charge in [0.2, 0.25) is 0 Å². The van der Waals surface area contributed by atoms with Crippen LogP contribution in [-0.2, 0) is 0 Å². The lowest BCUT2D eigenvalue weighted by Gasteiger charge is -2.30. The number of nitrogens with zero attached hydrogens (tertiary/aromatic N) is 1. The molecule has 0 N–H and O–H groups in total. The first kappa shape index (κ1) is 32.0. The van der Waals surface area contributed by atoms with Gasteiger partial charge in [0, 0.05) is 37.1 Å². The van der Waals surface area contributed by atoms with E-state index in [9.17, 15) is 0 Å². The molecule has 0 saturated carbocycles. The van der Waals surface area contributed by atoms with Crippen molar-refractivity contribution in [3.63, 3.8) is 0 Å². The van der Waals surface area contributed by atoms with Crippen LogP contribution in [-0.4, -0.2) is 0 Å². The summed E-state index contributed by atoms with van der Waals surface area (Å²) < 4.78 is 2.65. The summed E-state index contributed by atoms with van der Waals surface area (Å²) >= 11 is 1.88. The third kappa shape index (κ3) is 5.65. The smallest absolute Gasteiger partial charge is 0.0546 e. The van der Waals surface area contributed by atoms with Gasteiger partial charge in [-0.25, -0.2) is 0 Å².